The van der Waals surface area contributed by atoms with Gasteiger partial charge in [0.25, 0.3) is 11.6 Å². The van der Waals surface area contributed by atoms with Crippen LogP contribution in [-0.4, -0.2) is 22.5 Å². The number of nitro benzene ring substituents is 1. The lowest BCUT2D eigenvalue weighted by molar-refractivity contribution is -0.384. The molecule has 0 aliphatic carbocycles. The molecule has 164 valence electrons. The van der Waals surface area contributed by atoms with E-state index in [0.29, 0.717) is 5.69 Å². The number of fused-ring (bicyclic) bond motifs is 1. The maximum atomic E-state index is 12.5. The molecule has 2 N–H and O–H groups in total. The van der Waals surface area contributed by atoms with Gasteiger partial charge in [0.1, 0.15) is 0 Å². The van der Waals surface area contributed by atoms with Crippen LogP contribution in [0.2, 0.25) is 0 Å². The maximum Gasteiger partial charge on any atom is 0.270 e. The average molecular weight is 458 g/mol. The van der Waals surface area contributed by atoms with E-state index in [9.17, 15) is 19.7 Å². The van der Waals surface area contributed by atoms with Gasteiger partial charge in [0, 0.05) is 39.4 Å². The number of hydrogen-bond acceptors (Lipinski definition) is 5. The van der Waals surface area contributed by atoms with Crippen LogP contribution in [0.4, 0.5) is 17.1 Å². The highest BCUT2D eigenvalue weighted by Gasteiger charge is 2.12. The lowest BCUT2D eigenvalue weighted by Gasteiger charge is -2.10. The number of nitrogens with one attached hydrogen (secondary N) is 2. The summed E-state index contributed by atoms with van der Waals surface area (Å²) in [4.78, 5) is 36.2. The molecule has 7 nitrogen and oxygen atoms in total. The van der Waals surface area contributed by atoms with Crippen LogP contribution in [0.15, 0.2) is 95.9 Å². The van der Waals surface area contributed by atoms with E-state index in [1.807, 2.05) is 48.5 Å². The quantitative estimate of drug-likeness (QED) is 0.210. The number of anilines is 2. The molecule has 0 fully saturated rings. The average Bonchev–Trinajstić information content (AvgIpc) is 2.83. The molecule has 4 rings (SSSR count). The number of non-ortho nitro benzene ring substituents is 1. The van der Waals surface area contributed by atoms with Crippen LogP contribution in [0.5, 0.6) is 0 Å². The van der Waals surface area contributed by atoms with Crippen LogP contribution in [-0.2, 0) is 4.79 Å². The second-order valence-electron chi connectivity index (χ2n) is 7.15. The van der Waals surface area contributed by atoms with E-state index in [2.05, 4.69) is 10.6 Å². The lowest BCUT2D eigenvalue weighted by atomic mass is 10.1. The molecule has 0 unspecified atom stereocenters. The summed E-state index contributed by atoms with van der Waals surface area (Å²) in [5.74, 6) is -0.386. The first-order valence-corrected chi connectivity index (χ1v) is 11.0. The Balaban J connectivity index is 1.38. The Labute approximate surface area is 194 Å². The van der Waals surface area contributed by atoms with Gasteiger partial charge in [-0.25, -0.2) is 0 Å². The molecule has 0 saturated carbocycles. The molecular weight excluding hydrogens is 438 g/mol. The first-order chi connectivity index (χ1) is 16.0. The van der Waals surface area contributed by atoms with Crippen molar-refractivity contribution < 1.29 is 14.5 Å². The Kier molecular flexibility index (Phi) is 6.66. The smallest absolute Gasteiger partial charge is 0.270 e. The molecule has 0 aliphatic rings. The number of rotatable bonds is 7. The Morgan fingerprint density at radius 1 is 0.848 bits per heavy atom. The van der Waals surface area contributed by atoms with Crippen molar-refractivity contribution in [3.8, 4) is 0 Å². The van der Waals surface area contributed by atoms with Gasteiger partial charge in [-0.3, -0.25) is 19.7 Å². The Morgan fingerprint density at radius 3 is 2.45 bits per heavy atom. The summed E-state index contributed by atoms with van der Waals surface area (Å²) in [7, 11) is 0. The van der Waals surface area contributed by atoms with Crippen LogP contribution < -0.4 is 10.6 Å². The van der Waals surface area contributed by atoms with Crippen LogP contribution in [0.25, 0.3) is 10.8 Å². The van der Waals surface area contributed by atoms with E-state index in [1.54, 1.807) is 18.2 Å². The number of hydrogen-bond donors (Lipinski definition) is 2. The second-order valence-corrected chi connectivity index (χ2v) is 8.20. The number of amides is 2. The van der Waals surface area contributed by atoms with Gasteiger partial charge >= 0.3 is 0 Å². The lowest BCUT2D eigenvalue weighted by Crippen LogP contribution is -2.14. The fourth-order valence-corrected chi connectivity index (χ4v) is 4.05. The number of carbonyl (C=O) groups excluding carboxylic acids is 2. The van der Waals surface area contributed by atoms with Crippen molar-refractivity contribution in [2.45, 2.75) is 4.90 Å². The molecule has 0 aliphatic heterocycles. The standard InChI is InChI=1S/C25H19N3O4S/c29-24(27-23-13-4-7-17-6-1-2-12-22(17)23)16-33-21-11-5-9-19(15-21)26-25(30)18-8-3-10-20(14-18)28(31)32/h1-15H,16H2,(H,26,30)(H,27,29). The molecule has 8 heteroatoms. The molecule has 0 radical (unpaired) electrons. The van der Waals surface area contributed by atoms with Gasteiger partial charge in [0.05, 0.1) is 10.7 Å². The van der Waals surface area contributed by atoms with Gasteiger partial charge in [-0.05, 0) is 35.7 Å². The predicted octanol–water partition coefficient (Wildman–Crippen LogP) is 5.73. The molecule has 0 bridgehead atoms. The Morgan fingerprint density at radius 2 is 1.61 bits per heavy atom. The normalized spacial score (nSPS) is 10.5. The van der Waals surface area contributed by atoms with Crippen molar-refractivity contribution in [3.63, 3.8) is 0 Å². The molecule has 0 atom stereocenters. The van der Waals surface area contributed by atoms with Crippen molar-refractivity contribution >= 4 is 51.4 Å². The molecule has 4 aromatic carbocycles. The maximum absolute atomic E-state index is 12.5. The van der Waals surface area contributed by atoms with Gasteiger partial charge in [-0.1, -0.05) is 48.5 Å². The van der Waals surface area contributed by atoms with E-state index in [1.165, 1.54) is 36.0 Å². The zero-order valence-corrected chi connectivity index (χ0v) is 18.2. The van der Waals surface area contributed by atoms with Gasteiger partial charge in [-0.15, -0.1) is 11.8 Å². The van der Waals surface area contributed by atoms with Crippen LogP contribution in [0.3, 0.4) is 0 Å². The van der Waals surface area contributed by atoms with Crippen LogP contribution >= 0.6 is 11.8 Å². The third-order valence-corrected chi connectivity index (χ3v) is 5.84. The fraction of sp³-hybridized carbons (Fsp3) is 0.0400. The van der Waals surface area contributed by atoms with Crippen LogP contribution in [0, 0.1) is 10.1 Å². The van der Waals surface area contributed by atoms with E-state index in [-0.39, 0.29) is 22.9 Å². The van der Waals surface area contributed by atoms with E-state index in [4.69, 9.17) is 0 Å². The summed E-state index contributed by atoms with van der Waals surface area (Å²) in [5.41, 5.74) is 1.34. The summed E-state index contributed by atoms with van der Waals surface area (Å²) >= 11 is 1.34. The summed E-state index contributed by atoms with van der Waals surface area (Å²) in [5, 5.41) is 18.6. The zero-order valence-electron chi connectivity index (χ0n) is 17.4. The molecule has 4 aromatic rings. The molecule has 0 heterocycles. The van der Waals surface area contributed by atoms with Gasteiger partial charge in [0.15, 0.2) is 0 Å². The van der Waals surface area contributed by atoms with Crippen molar-refractivity contribution in [1.82, 2.24) is 0 Å². The molecule has 0 saturated heterocycles. The number of nitrogens with zero attached hydrogens (tertiary/aromatic N) is 1. The minimum Gasteiger partial charge on any atom is -0.325 e. The number of nitro groups is 1. The fourth-order valence-electron chi connectivity index (χ4n) is 3.30. The minimum absolute atomic E-state index is 0.137. The molecule has 0 aromatic heterocycles. The molecule has 2 amide bonds. The van der Waals surface area contributed by atoms with Gasteiger partial charge in [0.2, 0.25) is 5.91 Å². The minimum atomic E-state index is -0.544. The van der Waals surface area contributed by atoms with Gasteiger partial charge in [-0.2, -0.15) is 0 Å². The third-order valence-electron chi connectivity index (χ3n) is 4.84. The predicted molar refractivity (Wildman–Crippen MR) is 131 cm³/mol. The van der Waals surface area contributed by atoms with Crippen molar-refractivity contribution in [2.24, 2.45) is 0 Å². The van der Waals surface area contributed by atoms with E-state index >= 15 is 0 Å². The highest BCUT2D eigenvalue weighted by atomic mass is 32.2. The number of carbonyl (C=O) groups is 2. The monoisotopic (exact) mass is 457 g/mol. The molecule has 33 heavy (non-hydrogen) atoms. The molecule has 0 spiro atoms. The first kappa shape index (κ1) is 22.0. The Bertz CT molecular complexity index is 1350. The topological polar surface area (TPSA) is 101 Å². The summed E-state index contributed by atoms with van der Waals surface area (Å²) in [6.07, 6.45) is 0. The zero-order chi connectivity index (χ0) is 23.2. The number of thioether (sulfide) groups is 1. The molecular formula is C25H19N3O4S. The SMILES string of the molecule is O=C(CSc1cccc(NC(=O)c2cccc([N+](=O)[O-])c2)c1)Nc1cccc2ccccc12. The summed E-state index contributed by atoms with van der Waals surface area (Å²) in [6.45, 7) is 0. The summed E-state index contributed by atoms with van der Waals surface area (Å²) in [6, 6.07) is 26.2. The van der Waals surface area contributed by atoms with E-state index in [0.717, 1.165) is 21.4 Å². The third kappa shape index (κ3) is 5.55. The highest BCUT2D eigenvalue weighted by molar-refractivity contribution is 8.00. The summed E-state index contributed by atoms with van der Waals surface area (Å²) < 4.78 is 0. The number of benzene rings is 4. The van der Waals surface area contributed by atoms with Crippen LogP contribution in [0.1, 0.15) is 10.4 Å². The largest absolute Gasteiger partial charge is 0.325 e. The van der Waals surface area contributed by atoms with Crippen molar-refractivity contribution in [3.05, 3.63) is 107 Å². The van der Waals surface area contributed by atoms with E-state index < -0.39 is 10.8 Å². The van der Waals surface area contributed by atoms with Crippen molar-refractivity contribution in [2.75, 3.05) is 16.4 Å². The Hall–Kier alpha value is -4.17. The highest BCUT2D eigenvalue weighted by Crippen LogP contribution is 2.25. The van der Waals surface area contributed by atoms with Crippen molar-refractivity contribution in [1.29, 1.82) is 0 Å². The second kappa shape index (κ2) is 9.97. The first-order valence-electron chi connectivity index (χ1n) is 10.1. The van der Waals surface area contributed by atoms with Gasteiger partial charge < -0.3 is 10.6 Å².